The second kappa shape index (κ2) is 4.13. The van der Waals surface area contributed by atoms with Crippen LogP contribution in [0.2, 0.25) is 0 Å². The molecule has 0 saturated heterocycles. The summed E-state index contributed by atoms with van der Waals surface area (Å²) >= 11 is 8.49. The molecule has 0 aliphatic heterocycles. The van der Waals surface area contributed by atoms with Gasteiger partial charge in [-0.3, -0.25) is 4.79 Å². The number of carbonyl (C=O) groups is 1. The van der Waals surface area contributed by atoms with Crippen LogP contribution in [0, 0.1) is 0 Å². The molecule has 1 heterocycles. The van der Waals surface area contributed by atoms with Gasteiger partial charge >= 0.3 is 0 Å². The molecule has 0 radical (unpaired) electrons. The average molecular weight is 334 g/mol. The maximum Gasteiger partial charge on any atom is 0.160 e. The van der Waals surface area contributed by atoms with Gasteiger partial charge in [0.25, 0.3) is 0 Å². The van der Waals surface area contributed by atoms with Gasteiger partial charge in [0, 0.05) is 14.5 Å². The minimum absolute atomic E-state index is 0.771. The third-order valence-corrected chi connectivity index (χ3v) is 4.85. The lowest BCUT2D eigenvalue weighted by molar-refractivity contribution is 0.112. The Kier molecular flexibility index (Phi) is 3.04. The van der Waals surface area contributed by atoms with E-state index in [0.717, 1.165) is 31.1 Å². The van der Waals surface area contributed by atoms with Crippen molar-refractivity contribution >= 4 is 59.6 Å². The van der Waals surface area contributed by atoms with E-state index in [-0.39, 0.29) is 0 Å². The quantitative estimate of drug-likeness (QED) is 0.589. The molecule has 0 N–H and O–H groups in total. The molecule has 0 unspecified atom stereocenters. The van der Waals surface area contributed by atoms with Crippen LogP contribution in [-0.2, 0) is 5.33 Å². The van der Waals surface area contributed by atoms with E-state index in [1.54, 1.807) is 0 Å². The Bertz CT molecular complexity index is 490. The van der Waals surface area contributed by atoms with Crippen LogP contribution in [-0.4, -0.2) is 6.29 Å². The lowest BCUT2D eigenvalue weighted by Gasteiger charge is -2.00. The van der Waals surface area contributed by atoms with Crippen molar-refractivity contribution < 1.29 is 4.79 Å². The monoisotopic (exact) mass is 332 g/mol. The van der Waals surface area contributed by atoms with Crippen LogP contribution in [0.25, 0.3) is 10.1 Å². The summed E-state index contributed by atoms with van der Waals surface area (Å²) in [4.78, 5) is 11.4. The molecule has 2 aromatic rings. The number of hydrogen-bond donors (Lipinski definition) is 0. The van der Waals surface area contributed by atoms with Crippen LogP contribution in [0.3, 0.4) is 0 Å². The SMILES string of the molecule is O=Cc1cc2ccc(CBr)c(Br)c2s1. The van der Waals surface area contributed by atoms with Crippen molar-refractivity contribution in [3.8, 4) is 0 Å². The van der Waals surface area contributed by atoms with Gasteiger partial charge in [-0.15, -0.1) is 11.3 Å². The fraction of sp³-hybridized carbons (Fsp3) is 0.100. The van der Waals surface area contributed by atoms with E-state index < -0.39 is 0 Å². The largest absolute Gasteiger partial charge is 0.297 e. The molecule has 0 amide bonds. The van der Waals surface area contributed by atoms with E-state index in [1.165, 1.54) is 16.9 Å². The minimum Gasteiger partial charge on any atom is -0.297 e. The van der Waals surface area contributed by atoms with Gasteiger partial charge in [0.05, 0.1) is 4.88 Å². The number of hydrogen-bond acceptors (Lipinski definition) is 2. The highest BCUT2D eigenvalue weighted by Gasteiger charge is 2.07. The van der Waals surface area contributed by atoms with Crippen LogP contribution in [0.5, 0.6) is 0 Å². The number of alkyl halides is 1. The van der Waals surface area contributed by atoms with Crippen LogP contribution in [0.15, 0.2) is 22.7 Å². The maximum absolute atomic E-state index is 10.6. The van der Waals surface area contributed by atoms with Crippen molar-refractivity contribution in [3.63, 3.8) is 0 Å². The van der Waals surface area contributed by atoms with E-state index in [9.17, 15) is 4.79 Å². The van der Waals surface area contributed by atoms with E-state index in [1.807, 2.05) is 12.1 Å². The van der Waals surface area contributed by atoms with Gasteiger partial charge in [-0.25, -0.2) is 0 Å². The van der Waals surface area contributed by atoms with Gasteiger partial charge < -0.3 is 0 Å². The third kappa shape index (κ3) is 1.66. The van der Waals surface area contributed by atoms with Crippen molar-refractivity contribution in [3.05, 3.63) is 33.1 Å². The fourth-order valence-corrected chi connectivity index (χ4v) is 3.81. The highest BCUT2D eigenvalue weighted by molar-refractivity contribution is 9.11. The standard InChI is InChI=1S/C10H6Br2OS/c11-4-7-2-1-6-3-8(5-13)14-10(6)9(7)12/h1-3,5H,4H2. The molecule has 0 aliphatic carbocycles. The van der Waals surface area contributed by atoms with Crippen LogP contribution >= 0.6 is 43.2 Å². The number of aldehydes is 1. The number of benzene rings is 1. The Balaban J connectivity index is 2.74. The van der Waals surface area contributed by atoms with Gasteiger partial charge in [0.1, 0.15) is 0 Å². The molecule has 1 aromatic heterocycles. The lowest BCUT2D eigenvalue weighted by Crippen LogP contribution is -1.78. The van der Waals surface area contributed by atoms with Crippen LogP contribution in [0.4, 0.5) is 0 Å². The molecule has 0 saturated carbocycles. The van der Waals surface area contributed by atoms with Gasteiger partial charge in [0.2, 0.25) is 0 Å². The highest BCUT2D eigenvalue weighted by Crippen LogP contribution is 2.34. The van der Waals surface area contributed by atoms with Crippen LogP contribution in [0.1, 0.15) is 15.2 Å². The Morgan fingerprint density at radius 1 is 1.43 bits per heavy atom. The molecule has 0 spiro atoms. The first-order chi connectivity index (χ1) is 6.76. The Morgan fingerprint density at radius 3 is 2.86 bits per heavy atom. The molecule has 0 atom stereocenters. The summed E-state index contributed by atoms with van der Waals surface area (Å²) in [5.41, 5.74) is 1.21. The van der Waals surface area contributed by atoms with Gasteiger partial charge in [0.15, 0.2) is 6.29 Å². The van der Waals surface area contributed by atoms with E-state index in [0.29, 0.717) is 0 Å². The smallest absolute Gasteiger partial charge is 0.160 e. The zero-order valence-electron chi connectivity index (χ0n) is 7.09. The molecule has 1 nitrogen and oxygen atoms in total. The lowest BCUT2D eigenvalue weighted by atomic mass is 10.2. The van der Waals surface area contributed by atoms with Gasteiger partial charge in [-0.1, -0.05) is 28.1 Å². The van der Waals surface area contributed by atoms with E-state index in [2.05, 4.69) is 37.9 Å². The number of rotatable bonds is 2. The fourth-order valence-electron chi connectivity index (χ4n) is 1.29. The first-order valence-electron chi connectivity index (χ1n) is 3.98. The molecule has 0 aliphatic rings. The molecule has 0 bridgehead atoms. The molecule has 1 aromatic carbocycles. The molecular formula is C10H6Br2OS. The summed E-state index contributed by atoms with van der Waals surface area (Å²) in [5.74, 6) is 0. The maximum atomic E-state index is 10.6. The second-order valence-electron chi connectivity index (χ2n) is 2.86. The predicted molar refractivity (Wildman–Crippen MR) is 67.5 cm³/mol. The van der Waals surface area contributed by atoms with Crippen molar-refractivity contribution in [2.24, 2.45) is 0 Å². The highest BCUT2D eigenvalue weighted by atomic mass is 79.9. The zero-order valence-corrected chi connectivity index (χ0v) is 11.1. The molecular weight excluding hydrogens is 328 g/mol. The van der Waals surface area contributed by atoms with Crippen molar-refractivity contribution in [1.82, 2.24) is 0 Å². The number of thiophene rings is 1. The summed E-state index contributed by atoms with van der Waals surface area (Å²) in [6, 6.07) is 6.01. The zero-order chi connectivity index (χ0) is 10.1. The predicted octanol–water partition coefficient (Wildman–Crippen LogP) is 4.37. The number of halogens is 2. The molecule has 72 valence electrons. The Morgan fingerprint density at radius 2 is 2.21 bits per heavy atom. The summed E-state index contributed by atoms with van der Waals surface area (Å²) < 4.78 is 2.23. The van der Waals surface area contributed by atoms with Gasteiger partial charge in [-0.2, -0.15) is 0 Å². The first kappa shape index (κ1) is 10.3. The molecule has 0 fully saturated rings. The molecule has 2 rings (SSSR count). The third-order valence-electron chi connectivity index (χ3n) is 1.99. The Labute approximate surface area is 102 Å². The van der Waals surface area contributed by atoms with E-state index >= 15 is 0 Å². The van der Waals surface area contributed by atoms with Crippen molar-refractivity contribution in [1.29, 1.82) is 0 Å². The summed E-state index contributed by atoms with van der Waals surface area (Å²) in [6.45, 7) is 0. The number of carbonyl (C=O) groups excluding carboxylic acids is 1. The average Bonchev–Trinajstić information content (AvgIpc) is 2.62. The summed E-state index contributed by atoms with van der Waals surface area (Å²) in [5, 5.41) is 1.94. The van der Waals surface area contributed by atoms with Crippen molar-refractivity contribution in [2.45, 2.75) is 5.33 Å². The summed E-state index contributed by atoms with van der Waals surface area (Å²) in [7, 11) is 0. The van der Waals surface area contributed by atoms with Gasteiger partial charge in [-0.05, 0) is 32.9 Å². The van der Waals surface area contributed by atoms with Crippen molar-refractivity contribution in [2.75, 3.05) is 0 Å². The Hall–Kier alpha value is -0.190. The first-order valence-corrected chi connectivity index (χ1v) is 6.71. The summed E-state index contributed by atoms with van der Waals surface area (Å²) in [6.07, 6.45) is 0.894. The molecule has 14 heavy (non-hydrogen) atoms. The topological polar surface area (TPSA) is 17.1 Å². The molecule has 4 heteroatoms. The normalized spacial score (nSPS) is 10.7. The number of fused-ring (bicyclic) bond motifs is 1. The second-order valence-corrected chi connectivity index (χ2v) is 5.29. The van der Waals surface area contributed by atoms with E-state index in [4.69, 9.17) is 0 Å². The minimum atomic E-state index is 0.771. The van der Waals surface area contributed by atoms with Crippen LogP contribution < -0.4 is 0 Å².